The summed E-state index contributed by atoms with van der Waals surface area (Å²) in [4.78, 5) is 0. The Balaban J connectivity index is 2.14. The van der Waals surface area contributed by atoms with Crippen LogP contribution < -0.4 is 5.32 Å². The first-order valence-corrected chi connectivity index (χ1v) is 8.57. The molecule has 1 aromatic rings. The molecule has 2 nitrogen and oxygen atoms in total. The van der Waals surface area contributed by atoms with Crippen molar-refractivity contribution in [2.75, 3.05) is 20.3 Å². The maximum absolute atomic E-state index is 5.33. The van der Waals surface area contributed by atoms with Crippen molar-refractivity contribution in [1.82, 2.24) is 5.32 Å². The molecule has 2 unspecified atom stereocenters. The maximum atomic E-state index is 5.33. The Morgan fingerprint density at radius 2 is 2.05 bits per heavy atom. The van der Waals surface area contributed by atoms with E-state index in [2.05, 4.69) is 43.4 Å². The number of ether oxygens (including phenoxy) is 1. The highest BCUT2D eigenvalue weighted by atomic mass is 16.5. The molecular weight excluding hydrogens is 258 g/mol. The lowest BCUT2D eigenvalue weighted by atomic mass is 9.76. The van der Waals surface area contributed by atoms with E-state index in [9.17, 15) is 0 Å². The summed E-state index contributed by atoms with van der Waals surface area (Å²) in [7, 11) is 1.80. The summed E-state index contributed by atoms with van der Waals surface area (Å²) in [5, 5.41) is 3.76. The third-order valence-electron chi connectivity index (χ3n) is 4.65. The fraction of sp³-hybridized carbons (Fsp3) is 0.684. The zero-order valence-electron chi connectivity index (χ0n) is 13.9. The topological polar surface area (TPSA) is 21.3 Å². The number of nitrogens with one attached hydrogen (secondary N) is 1. The molecule has 1 aliphatic carbocycles. The fourth-order valence-corrected chi connectivity index (χ4v) is 3.31. The molecule has 0 aromatic heterocycles. The minimum Gasteiger partial charge on any atom is -0.384 e. The number of rotatable bonds is 9. The molecule has 1 aromatic carbocycles. The monoisotopic (exact) mass is 289 g/mol. The van der Waals surface area contributed by atoms with Crippen molar-refractivity contribution in [2.45, 2.75) is 57.9 Å². The average molecular weight is 289 g/mol. The van der Waals surface area contributed by atoms with Crippen LogP contribution in [0.15, 0.2) is 24.3 Å². The second kappa shape index (κ2) is 8.55. The molecule has 1 saturated carbocycles. The molecule has 2 rings (SSSR count). The van der Waals surface area contributed by atoms with E-state index in [0.29, 0.717) is 12.0 Å². The molecule has 2 atom stereocenters. The molecule has 0 radical (unpaired) electrons. The van der Waals surface area contributed by atoms with E-state index in [0.717, 1.165) is 25.5 Å². The van der Waals surface area contributed by atoms with Crippen molar-refractivity contribution < 1.29 is 4.74 Å². The molecule has 118 valence electrons. The highest BCUT2D eigenvalue weighted by Gasteiger charge is 2.25. The quantitative estimate of drug-likeness (QED) is 0.713. The molecule has 0 amide bonds. The van der Waals surface area contributed by atoms with Gasteiger partial charge in [0.25, 0.3) is 0 Å². The average Bonchev–Trinajstić information content (AvgIpc) is 2.43. The highest BCUT2D eigenvalue weighted by Crippen LogP contribution is 2.40. The van der Waals surface area contributed by atoms with Crippen LogP contribution in [-0.4, -0.2) is 20.3 Å². The van der Waals surface area contributed by atoms with E-state index in [1.165, 1.54) is 31.2 Å². The van der Waals surface area contributed by atoms with Gasteiger partial charge < -0.3 is 10.1 Å². The first-order chi connectivity index (χ1) is 10.3. The van der Waals surface area contributed by atoms with Crippen molar-refractivity contribution in [3.05, 3.63) is 35.4 Å². The normalized spacial score (nSPS) is 18.2. The number of hydrogen-bond acceptors (Lipinski definition) is 2. The van der Waals surface area contributed by atoms with E-state index in [4.69, 9.17) is 4.74 Å². The van der Waals surface area contributed by atoms with Crippen LogP contribution in [0.25, 0.3) is 0 Å². The van der Waals surface area contributed by atoms with E-state index in [1.807, 2.05) is 0 Å². The Morgan fingerprint density at radius 1 is 1.29 bits per heavy atom. The van der Waals surface area contributed by atoms with Gasteiger partial charge in [0.1, 0.15) is 0 Å². The van der Waals surface area contributed by atoms with Gasteiger partial charge in [0.05, 0.1) is 0 Å². The number of methoxy groups -OCH3 is 1. The summed E-state index contributed by atoms with van der Waals surface area (Å²) in [6, 6.07) is 9.54. The Kier molecular flexibility index (Phi) is 6.72. The van der Waals surface area contributed by atoms with Crippen LogP contribution >= 0.6 is 0 Å². The van der Waals surface area contributed by atoms with Crippen molar-refractivity contribution in [2.24, 2.45) is 5.92 Å². The van der Waals surface area contributed by atoms with Gasteiger partial charge in [-0.15, -0.1) is 0 Å². The van der Waals surface area contributed by atoms with Crippen LogP contribution in [0.3, 0.4) is 0 Å². The van der Waals surface area contributed by atoms with E-state index < -0.39 is 0 Å². The van der Waals surface area contributed by atoms with Crippen LogP contribution in [-0.2, 0) is 4.74 Å². The van der Waals surface area contributed by atoms with Crippen LogP contribution in [0.2, 0.25) is 0 Å². The van der Waals surface area contributed by atoms with Gasteiger partial charge in [-0.3, -0.25) is 0 Å². The third-order valence-corrected chi connectivity index (χ3v) is 4.65. The molecule has 0 spiro atoms. The molecule has 1 aliphatic rings. The van der Waals surface area contributed by atoms with Gasteiger partial charge in [-0.1, -0.05) is 44.5 Å². The maximum Gasteiger partial charge on any atom is 0.0488 e. The molecule has 21 heavy (non-hydrogen) atoms. The fourth-order valence-electron chi connectivity index (χ4n) is 3.31. The Morgan fingerprint density at radius 3 is 2.67 bits per heavy atom. The first-order valence-electron chi connectivity index (χ1n) is 8.57. The predicted octanol–water partition coefficient (Wildman–Crippen LogP) is 4.67. The lowest BCUT2D eigenvalue weighted by molar-refractivity contribution is 0.149. The van der Waals surface area contributed by atoms with E-state index >= 15 is 0 Å². The Labute approximate surface area is 130 Å². The molecule has 0 aliphatic heterocycles. The highest BCUT2D eigenvalue weighted by molar-refractivity contribution is 5.34. The van der Waals surface area contributed by atoms with Crippen molar-refractivity contribution in [1.29, 1.82) is 0 Å². The molecular formula is C19H31NO. The molecule has 0 bridgehead atoms. The van der Waals surface area contributed by atoms with E-state index in [1.54, 1.807) is 12.7 Å². The molecule has 1 N–H and O–H groups in total. The standard InChI is InChI=1S/C19H31NO/c1-4-12-20-19(13-15(2)14-21-3)18-11-6-5-10-17(18)16-8-7-9-16/h5-6,10-11,15-16,19-20H,4,7-9,12-14H2,1-3H3. The van der Waals surface area contributed by atoms with Gasteiger partial charge in [-0.2, -0.15) is 0 Å². The second-order valence-corrected chi connectivity index (χ2v) is 6.56. The summed E-state index contributed by atoms with van der Waals surface area (Å²) >= 11 is 0. The van der Waals surface area contributed by atoms with Gasteiger partial charge >= 0.3 is 0 Å². The van der Waals surface area contributed by atoms with Gasteiger partial charge in [-0.05, 0) is 55.2 Å². The van der Waals surface area contributed by atoms with Gasteiger partial charge in [-0.25, -0.2) is 0 Å². The van der Waals surface area contributed by atoms with Gasteiger partial charge in [0.15, 0.2) is 0 Å². The van der Waals surface area contributed by atoms with Crippen molar-refractivity contribution in [3.8, 4) is 0 Å². The molecule has 0 heterocycles. The van der Waals surface area contributed by atoms with E-state index in [-0.39, 0.29) is 0 Å². The smallest absolute Gasteiger partial charge is 0.0488 e. The largest absolute Gasteiger partial charge is 0.384 e. The summed E-state index contributed by atoms with van der Waals surface area (Å²) in [5.74, 6) is 1.38. The SMILES string of the molecule is CCCNC(CC(C)COC)c1ccccc1C1CCC1. The Hall–Kier alpha value is -0.860. The second-order valence-electron chi connectivity index (χ2n) is 6.56. The Bertz CT molecular complexity index is 414. The van der Waals surface area contributed by atoms with Gasteiger partial charge in [0, 0.05) is 19.8 Å². The number of hydrogen-bond donors (Lipinski definition) is 1. The summed E-state index contributed by atoms with van der Waals surface area (Å²) in [5.41, 5.74) is 3.11. The summed E-state index contributed by atoms with van der Waals surface area (Å²) < 4.78 is 5.33. The zero-order chi connectivity index (χ0) is 15.1. The lowest BCUT2D eigenvalue weighted by Gasteiger charge is -2.31. The summed E-state index contributed by atoms with van der Waals surface area (Å²) in [6.45, 7) is 6.45. The minimum atomic E-state index is 0.465. The lowest BCUT2D eigenvalue weighted by Crippen LogP contribution is -2.27. The van der Waals surface area contributed by atoms with Crippen LogP contribution in [0.5, 0.6) is 0 Å². The minimum absolute atomic E-state index is 0.465. The van der Waals surface area contributed by atoms with Crippen molar-refractivity contribution in [3.63, 3.8) is 0 Å². The van der Waals surface area contributed by atoms with Crippen molar-refractivity contribution >= 4 is 0 Å². The molecule has 1 fully saturated rings. The number of benzene rings is 1. The third kappa shape index (κ3) is 4.55. The molecule has 0 saturated heterocycles. The zero-order valence-corrected chi connectivity index (χ0v) is 13.9. The summed E-state index contributed by atoms with van der Waals surface area (Å²) in [6.07, 6.45) is 6.46. The van der Waals surface area contributed by atoms with Crippen LogP contribution in [0, 0.1) is 5.92 Å². The molecule has 2 heteroatoms. The van der Waals surface area contributed by atoms with Gasteiger partial charge in [0.2, 0.25) is 0 Å². The predicted molar refractivity (Wildman–Crippen MR) is 89.7 cm³/mol. The van der Waals surface area contributed by atoms with Crippen LogP contribution in [0.1, 0.15) is 69.0 Å². The first kappa shape index (κ1) is 16.5. The van der Waals surface area contributed by atoms with Crippen LogP contribution in [0.4, 0.5) is 0 Å².